The van der Waals surface area contributed by atoms with Crippen LogP contribution in [-0.2, 0) is 9.53 Å². The van der Waals surface area contributed by atoms with Gasteiger partial charge in [0.15, 0.2) is 0 Å². The summed E-state index contributed by atoms with van der Waals surface area (Å²) in [6.07, 6.45) is 0. The Bertz CT molecular complexity index is 351. The number of methoxy groups -OCH3 is 1. The number of anilines is 1. The second kappa shape index (κ2) is 5.00. The summed E-state index contributed by atoms with van der Waals surface area (Å²) in [6, 6.07) is 8.62. The number of carbonyl (C=O) groups excluding carboxylic acids is 1. The molecule has 0 aliphatic rings. The number of amides is 1. The molecule has 72 valence electrons. The Kier molecular flexibility index (Phi) is 3.65. The van der Waals surface area contributed by atoms with Crippen molar-refractivity contribution in [2.24, 2.45) is 0 Å². The van der Waals surface area contributed by atoms with Gasteiger partial charge in [-0.3, -0.25) is 4.79 Å². The van der Waals surface area contributed by atoms with Crippen molar-refractivity contribution in [1.29, 1.82) is 5.26 Å². The van der Waals surface area contributed by atoms with Crippen LogP contribution in [0.1, 0.15) is 5.56 Å². The predicted octanol–water partition coefficient (Wildman–Crippen LogP) is 1.14. The number of nitrogens with one attached hydrogen (secondary N) is 1. The Labute approximate surface area is 82.1 Å². The Morgan fingerprint density at radius 2 is 2.14 bits per heavy atom. The number of carbonyl (C=O) groups is 1. The summed E-state index contributed by atoms with van der Waals surface area (Å²) in [5, 5.41) is 11.2. The summed E-state index contributed by atoms with van der Waals surface area (Å²) in [4.78, 5) is 11.1. The van der Waals surface area contributed by atoms with E-state index in [4.69, 9.17) is 5.26 Å². The molecule has 0 saturated carbocycles. The third-order valence-electron chi connectivity index (χ3n) is 1.57. The smallest absolute Gasteiger partial charge is 0.250 e. The SMILES string of the molecule is COCC(=O)Nc1ccc(C#N)cc1. The minimum atomic E-state index is -0.211. The molecule has 4 heteroatoms. The van der Waals surface area contributed by atoms with Crippen molar-refractivity contribution in [2.75, 3.05) is 19.0 Å². The highest BCUT2D eigenvalue weighted by Gasteiger charge is 2.00. The van der Waals surface area contributed by atoms with Gasteiger partial charge in [0.05, 0.1) is 11.6 Å². The lowest BCUT2D eigenvalue weighted by atomic mass is 10.2. The minimum absolute atomic E-state index is 0.0278. The van der Waals surface area contributed by atoms with Crippen LogP contribution in [0.15, 0.2) is 24.3 Å². The Balaban J connectivity index is 2.61. The molecule has 1 rings (SSSR count). The van der Waals surface area contributed by atoms with Gasteiger partial charge in [-0.1, -0.05) is 0 Å². The fraction of sp³-hybridized carbons (Fsp3) is 0.200. The molecule has 0 atom stereocenters. The van der Waals surface area contributed by atoms with Crippen LogP contribution in [0.25, 0.3) is 0 Å². The van der Waals surface area contributed by atoms with Crippen molar-refractivity contribution in [3.05, 3.63) is 29.8 Å². The average Bonchev–Trinajstić information content (AvgIpc) is 2.19. The predicted molar refractivity (Wildman–Crippen MR) is 51.7 cm³/mol. The molecule has 4 nitrogen and oxygen atoms in total. The van der Waals surface area contributed by atoms with Gasteiger partial charge in [-0.25, -0.2) is 0 Å². The fourth-order valence-corrected chi connectivity index (χ4v) is 0.956. The maximum Gasteiger partial charge on any atom is 0.250 e. The van der Waals surface area contributed by atoms with Crippen LogP contribution in [0, 0.1) is 11.3 Å². The Morgan fingerprint density at radius 1 is 1.50 bits per heavy atom. The molecule has 0 radical (unpaired) electrons. The van der Waals surface area contributed by atoms with E-state index >= 15 is 0 Å². The zero-order chi connectivity index (χ0) is 10.4. The molecule has 0 heterocycles. The lowest BCUT2D eigenvalue weighted by molar-refractivity contribution is -0.119. The van der Waals surface area contributed by atoms with Crippen molar-refractivity contribution in [3.8, 4) is 6.07 Å². The lowest BCUT2D eigenvalue weighted by Crippen LogP contribution is -2.16. The Hall–Kier alpha value is -1.86. The van der Waals surface area contributed by atoms with Crippen molar-refractivity contribution >= 4 is 11.6 Å². The molecule has 1 aromatic carbocycles. The van der Waals surface area contributed by atoms with Gasteiger partial charge >= 0.3 is 0 Å². The van der Waals surface area contributed by atoms with Gasteiger partial charge in [0.1, 0.15) is 6.61 Å². The van der Waals surface area contributed by atoms with Crippen LogP contribution >= 0.6 is 0 Å². The second-order valence-electron chi connectivity index (χ2n) is 2.67. The molecular formula is C10H10N2O2. The summed E-state index contributed by atoms with van der Waals surface area (Å²) in [7, 11) is 1.46. The van der Waals surface area contributed by atoms with Crippen molar-refractivity contribution in [1.82, 2.24) is 0 Å². The van der Waals surface area contributed by atoms with Gasteiger partial charge < -0.3 is 10.1 Å². The molecule has 0 saturated heterocycles. The fourth-order valence-electron chi connectivity index (χ4n) is 0.956. The molecule has 0 fully saturated rings. The monoisotopic (exact) mass is 190 g/mol. The second-order valence-corrected chi connectivity index (χ2v) is 2.67. The molecular weight excluding hydrogens is 180 g/mol. The first-order valence-corrected chi connectivity index (χ1v) is 4.05. The molecule has 1 aromatic rings. The largest absolute Gasteiger partial charge is 0.375 e. The maximum absolute atomic E-state index is 11.1. The van der Waals surface area contributed by atoms with E-state index in [1.165, 1.54) is 7.11 Å². The number of hydrogen-bond acceptors (Lipinski definition) is 3. The molecule has 1 N–H and O–H groups in total. The zero-order valence-electron chi connectivity index (χ0n) is 7.78. The Morgan fingerprint density at radius 3 is 2.64 bits per heavy atom. The number of benzene rings is 1. The van der Waals surface area contributed by atoms with Crippen LogP contribution in [-0.4, -0.2) is 19.6 Å². The quantitative estimate of drug-likeness (QED) is 0.777. The lowest BCUT2D eigenvalue weighted by Gasteiger charge is -2.03. The highest BCUT2D eigenvalue weighted by atomic mass is 16.5. The summed E-state index contributed by atoms with van der Waals surface area (Å²) < 4.78 is 4.66. The van der Waals surface area contributed by atoms with Crippen molar-refractivity contribution < 1.29 is 9.53 Å². The number of nitriles is 1. The van der Waals surface area contributed by atoms with Gasteiger partial charge in [-0.2, -0.15) is 5.26 Å². The third kappa shape index (κ3) is 2.88. The first-order chi connectivity index (χ1) is 6.76. The summed E-state index contributed by atoms with van der Waals surface area (Å²) in [6.45, 7) is 0.0278. The number of ether oxygens (including phenoxy) is 1. The standard InChI is InChI=1S/C10H10N2O2/c1-14-7-10(13)12-9-4-2-8(6-11)3-5-9/h2-5H,7H2,1H3,(H,12,13). The van der Waals surface area contributed by atoms with Gasteiger partial charge in [0.2, 0.25) is 5.91 Å². The highest BCUT2D eigenvalue weighted by Crippen LogP contribution is 2.08. The van der Waals surface area contributed by atoms with E-state index in [0.29, 0.717) is 11.3 Å². The summed E-state index contributed by atoms with van der Waals surface area (Å²) in [5.74, 6) is -0.211. The number of hydrogen-bond donors (Lipinski definition) is 1. The van der Waals surface area contributed by atoms with E-state index in [0.717, 1.165) is 0 Å². The van der Waals surface area contributed by atoms with Crippen molar-refractivity contribution in [2.45, 2.75) is 0 Å². The normalized spacial score (nSPS) is 9.14. The summed E-state index contributed by atoms with van der Waals surface area (Å²) >= 11 is 0. The van der Waals surface area contributed by atoms with Gasteiger partial charge in [-0.15, -0.1) is 0 Å². The molecule has 0 aromatic heterocycles. The first-order valence-electron chi connectivity index (χ1n) is 4.05. The first kappa shape index (κ1) is 10.2. The summed E-state index contributed by atoms with van der Waals surface area (Å²) in [5.41, 5.74) is 1.22. The third-order valence-corrected chi connectivity index (χ3v) is 1.57. The molecule has 0 aliphatic heterocycles. The van der Waals surface area contributed by atoms with Crippen LogP contribution in [0.3, 0.4) is 0 Å². The molecule has 14 heavy (non-hydrogen) atoms. The van der Waals surface area contributed by atoms with E-state index in [2.05, 4.69) is 10.1 Å². The van der Waals surface area contributed by atoms with E-state index in [1.807, 2.05) is 6.07 Å². The molecule has 0 unspecified atom stereocenters. The van der Waals surface area contributed by atoms with E-state index in [1.54, 1.807) is 24.3 Å². The van der Waals surface area contributed by atoms with Crippen LogP contribution in [0.2, 0.25) is 0 Å². The van der Waals surface area contributed by atoms with E-state index < -0.39 is 0 Å². The number of nitrogens with zero attached hydrogens (tertiary/aromatic N) is 1. The van der Waals surface area contributed by atoms with Crippen LogP contribution in [0.4, 0.5) is 5.69 Å². The number of rotatable bonds is 3. The van der Waals surface area contributed by atoms with Gasteiger partial charge in [-0.05, 0) is 24.3 Å². The molecule has 1 amide bonds. The molecule has 0 bridgehead atoms. The zero-order valence-corrected chi connectivity index (χ0v) is 7.78. The molecule has 0 spiro atoms. The van der Waals surface area contributed by atoms with Crippen LogP contribution < -0.4 is 5.32 Å². The van der Waals surface area contributed by atoms with Gasteiger partial charge in [0, 0.05) is 12.8 Å². The van der Waals surface area contributed by atoms with Crippen molar-refractivity contribution in [3.63, 3.8) is 0 Å². The minimum Gasteiger partial charge on any atom is -0.375 e. The maximum atomic E-state index is 11.1. The van der Waals surface area contributed by atoms with Gasteiger partial charge in [0.25, 0.3) is 0 Å². The molecule has 0 aliphatic carbocycles. The van der Waals surface area contributed by atoms with E-state index in [-0.39, 0.29) is 12.5 Å². The van der Waals surface area contributed by atoms with Crippen LogP contribution in [0.5, 0.6) is 0 Å². The highest BCUT2D eigenvalue weighted by molar-refractivity contribution is 5.91. The van der Waals surface area contributed by atoms with E-state index in [9.17, 15) is 4.79 Å². The topological polar surface area (TPSA) is 62.1 Å². The average molecular weight is 190 g/mol.